The van der Waals surface area contributed by atoms with E-state index >= 15 is 0 Å². The molecule has 0 aliphatic carbocycles. The van der Waals surface area contributed by atoms with Crippen molar-refractivity contribution in [1.29, 1.82) is 0 Å². The average molecular weight is 475 g/mol. The van der Waals surface area contributed by atoms with Crippen LogP contribution in [0.15, 0.2) is 0 Å². The summed E-state index contributed by atoms with van der Waals surface area (Å²) in [6.45, 7) is 4.98. The second kappa shape index (κ2) is 26.4. The van der Waals surface area contributed by atoms with E-state index in [2.05, 4.69) is 13.8 Å². The molecular weight excluding hydrogens is 424 g/mol. The van der Waals surface area contributed by atoms with Crippen LogP contribution in [0, 0.1) is 0 Å². The van der Waals surface area contributed by atoms with Crippen LogP contribution in [0.5, 0.6) is 0 Å². The van der Waals surface area contributed by atoms with Crippen molar-refractivity contribution in [2.45, 2.75) is 142 Å². The van der Waals surface area contributed by atoms with E-state index in [1.807, 2.05) is 0 Å². The Labute approximate surface area is 219 Å². The van der Waals surface area contributed by atoms with Crippen LogP contribution < -0.4 is 0 Å². The van der Waals surface area contributed by atoms with Crippen LogP contribution in [0.1, 0.15) is 142 Å². The van der Waals surface area contributed by atoms with Crippen molar-refractivity contribution in [2.24, 2.45) is 0 Å². The molecule has 0 spiro atoms. The summed E-state index contributed by atoms with van der Waals surface area (Å²) in [6, 6.07) is 0. The minimum atomic E-state index is -3.80. The van der Waals surface area contributed by atoms with Crippen molar-refractivity contribution < 1.29 is 16.8 Å². The maximum absolute atomic E-state index is 11.7. The van der Waals surface area contributed by atoms with E-state index in [-0.39, 0.29) is 51.0 Å². The first kappa shape index (κ1) is 33.3. The van der Waals surface area contributed by atoms with Gasteiger partial charge < -0.3 is 0 Å². The molecule has 0 aliphatic heterocycles. The monoisotopic (exact) mass is 474 g/mol. The number of unbranched alkanes of at least 4 members (excludes halogenated alkanes) is 18. The quantitative estimate of drug-likeness (QED) is 0.106. The molecule has 0 rings (SSSR count). The number of hydrogen-bond donors (Lipinski definition) is 0. The molecule has 0 aliphatic rings. The molecule has 0 radical (unpaired) electrons. The molecule has 0 saturated carbocycles. The summed E-state index contributed by atoms with van der Waals surface area (Å²) in [5.41, 5.74) is 0. The molecule has 0 heterocycles. The van der Waals surface area contributed by atoms with Gasteiger partial charge >= 0.3 is 48.1 Å². The van der Waals surface area contributed by atoms with Gasteiger partial charge in [-0.2, -0.15) is 8.42 Å². The minimum Gasteiger partial charge on any atom is -0.248 e. The van der Waals surface area contributed by atoms with Crippen LogP contribution in [-0.2, 0) is 18.8 Å². The van der Waals surface area contributed by atoms with Crippen LogP contribution in [0.4, 0.5) is 0 Å². The van der Waals surface area contributed by atoms with Gasteiger partial charge in [0.15, 0.2) is 0 Å². The molecule has 0 amide bonds. The summed E-state index contributed by atoms with van der Waals surface area (Å²) in [4.78, 5) is 0. The third-order valence-corrected chi connectivity index (χ3v) is 6.36. The molecule has 4 nitrogen and oxygen atoms in total. The first-order chi connectivity index (χ1) is 14.1. The topological polar surface area (TPSA) is 52.6 Å². The van der Waals surface area contributed by atoms with Gasteiger partial charge in [0, 0.05) is 0 Å². The summed E-state index contributed by atoms with van der Waals surface area (Å²) in [5, 5.41) is 0. The van der Waals surface area contributed by atoms with E-state index in [1.165, 1.54) is 89.9 Å². The van der Waals surface area contributed by atoms with E-state index in [0.29, 0.717) is 0 Å². The van der Waals surface area contributed by atoms with Gasteiger partial charge in [-0.3, -0.25) is 0 Å². The number of rotatable bonds is 24. The fourth-order valence-corrected chi connectivity index (χ4v) is 4.25. The van der Waals surface area contributed by atoms with Crippen LogP contribution in [-0.4, -0.2) is 59.4 Å². The Hall–Kier alpha value is 1.13. The Morgan fingerprint density at radius 1 is 0.433 bits per heavy atom. The van der Waals surface area contributed by atoms with Crippen LogP contribution in [0.2, 0.25) is 0 Å². The van der Waals surface area contributed by atoms with Gasteiger partial charge in [-0.05, 0) is 12.8 Å². The average Bonchev–Trinajstić information content (AvgIpc) is 2.70. The minimum absolute atomic E-state index is 0. The Morgan fingerprint density at radius 3 is 0.933 bits per heavy atom. The maximum Gasteiger partial charge on any atom is 2.00 e. The summed E-state index contributed by atoms with van der Waals surface area (Å²) in [5.74, 6) is 0. The normalized spacial score (nSPS) is 11.5. The number of hydrogen-bond acceptors (Lipinski definition) is 4. The van der Waals surface area contributed by atoms with Crippen molar-refractivity contribution >= 4 is 48.1 Å². The van der Waals surface area contributed by atoms with E-state index in [9.17, 15) is 8.42 Å². The van der Waals surface area contributed by atoms with Crippen molar-refractivity contribution in [2.75, 3.05) is 13.2 Å². The maximum atomic E-state index is 11.7. The van der Waals surface area contributed by atoms with E-state index in [0.717, 1.165) is 38.5 Å². The Bertz CT molecular complexity index is 383. The first-order valence-electron chi connectivity index (χ1n) is 12.7. The molecule has 0 N–H and O–H groups in total. The largest absolute Gasteiger partial charge is 2.00 e. The Balaban J connectivity index is 0. The molecule has 0 saturated heterocycles. The van der Waals surface area contributed by atoms with Crippen molar-refractivity contribution in [3.05, 3.63) is 0 Å². The first-order valence-corrected chi connectivity index (χ1v) is 14.0. The molecule has 0 bridgehead atoms. The summed E-state index contributed by atoms with van der Waals surface area (Å²) in [6.07, 6.45) is 24.4. The molecule has 0 unspecified atom stereocenters. The van der Waals surface area contributed by atoms with Gasteiger partial charge in [0.05, 0.1) is 13.2 Å². The molecular formula is C24H50CaO4S+2. The van der Waals surface area contributed by atoms with Crippen molar-refractivity contribution in [3.63, 3.8) is 0 Å². The predicted molar refractivity (Wildman–Crippen MR) is 130 cm³/mol. The summed E-state index contributed by atoms with van der Waals surface area (Å²) in [7, 11) is -3.80. The second-order valence-corrected chi connectivity index (χ2v) is 9.70. The molecule has 6 heteroatoms. The van der Waals surface area contributed by atoms with Gasteiger partial charge in [-0.15, -0.1) is 0 Å². The molecule has 0 aromatic carbocycles. The zero-order valence-corrected chi connectivity index (χ0v) is 23.3. The Kier molecular flexibility index (Phi) is 29.3. The van der Waals surface area contributed by atoms with Gasteiger partial charge in [-0.25, -0.2) is 8.37 Å². The van der Waals surface area contributed by atoms with Gasteiger partial charge in [0.1, 0.15) is 0 Å². The Morgan fingerprint density at radius 2 is 0.667 bits per heavy atom. The van der Waals surface area contributed by atoms with Crippen molar-refractivity contribution in [1.82, 2.24) is 0 Å². The van der Waals surface area contributed by atoms with Crippen molar-refractivity contribution in [3.8, 4) is 0 Å². The standard InChI is InChI=1S/C24H50O4S.Ca/c1-3-5-7-9-11-13-15-17-19-21-23-27-29(25,26)28-24-22-20-18-16-14-12-10-8-6-4-2;/h3-24H2,1-2H3;/q;+2. The summed E-state index contributed by atoms with van der Waals surface area (Å²) < 4.78 is 33.3. The van der Waals surface area contributed by atoms with Gasteiger partial charge in [-0.1, -0.05) is 129 Å². The van der Waals surface area contributed by atoms with Crippen LogP contribution in [0.3, 0.4) is 0 Å². The SMILES string of the molecule is CCCCCCCCCCCCOS(=O)(=O)OCCCCCCCCCCCC.[Ca+2]. The third-order valence-electron chi connectivity index (χ3n) is 5.45. The smallest absolute Gasteiger partial charge is 0.248 e. The molecule has 0 atom stereocenters. The van der Waals surface area contributed by atoms with E-state index < -0.39 is 10.4 Å². The molecule has 0 aromatic heterocycles. The van der Waals surface area contributed by atoms with E-state index in [1.54, 1.807) is 0 Å². The third kappa shape index (κ3) is 27.2. The molecule has 30 heavy (non-hydrogen) atoms. The predicted octanol–water partition coefficient (Wildman–Crippen LogP) is 7.73. The van der Waals surface area contributed by atoms with E-state index in [4.69, 9.17) is 8.37 Å². The summed E-state index contributed by atoms with van der Waals surface area (Å²) >= 11 is 0. The fraction of sp³-hybridized carbons (Fsp3) is 1.00. The fourth-order valence-electron chi connectivity index (χ4n) is 3.53. The zero-order chi connectivity index (χ0) is 21.5. The zero-order valence-electron chi connectivity index (χ0n) is 20.3. The van der Waals surface area contributed by atoms with Gasteiger partial charge in [0.2, 0.25) is 0 Å². The van der Waals surface area contributed by atoms with Crippen LogP contribution in [0.25, 0.3) is 0 Å². The second-order valence-electron chi connectivity index (χ2n) is 8.42. The molecule has 176 valence electrons. The van der Waals surface area contributed by atoms with Crippen LogP contribution >= 0.6 is 0 Å². The molecule has 0 aromatic rings. The van der Waals surface area contributed by atoms with Gasteiger partial charge in [0.25, 0.3) is 0 Å². The molecule has 0 fully saturated rings.